The fraction of sp³-hybridized carbons (Fsp3) is 0.471. The molecule has 0 saturated carbocycles. The van der Waals surface area contributed by atoms with Gasteiger partial charge in [-0.2, -0.15) is 4.98 Å². The predicted octanol–water partition coefficient (Wildman–Crippen LogP) is 2.16. The summed E-state index contributed by atoms with van der Waals surface area (Å²) in [5.74, 6) is 2.82. The fourth-order valence-corrected chi connectivity index (χ4v) is 2.14. The third-order valence-electron chi connectivity index (χ3n) is 3.41. The zero-order chi connectivity index (χ0) is 17.4. The number of ether oxygens (including phenoxy) is 1. The van der Waals surface area contributed by atoms with Crippen molar-refractivity contribution in [2.24, 2.45) is 4.99 Å². The molecule has 130 valence electrons. The number of guanidine groups is 1. The zero-order valence-electron chi connectivity index (χ0n) is 14.7. The van der Waals surface area contributed by atoms with E-state index in [-0.39, 0.29) is 0 Å². The Bertz CT molecular complexity index is 669. The van der Waals surface area contributed by atoms with E-state index in [1.165, 1.54) is 0 Å². The molecule has 0 amide bonds. The van der Waals surface area contributed by atoms with Crippen LogP contribution in [0.15, 0.2) is 33.8 Å². The summed E-state index contributed by atoms with van der Waals surface area (Å²) in [6.45, 7) is 8.29. The van der Waals surface area contributed by atoms with E-state index in [9.17, 15) is 0 Å². The number of rotatable bonds is 7. The Morgan fingerprint density at radius 3 is 2.79 bits per heavy atom. The third-order valence-corrected chi connectivity index (χ3v) is 3.41. The summed E-state index contributed by atoms with van der Waals surface area (Å²) >= 11 is 0. The number of nitrogens with one attached hydrogen (secondary N) is 1. The van der Waals surface area contributed by atoms with Crippen molar-refractivity contribution in [3.63, 3.8) is 0 Å². The molecule has 0 aliphatic carbocycles. The molecule has 0 aliphatic rings. The standard InChI is InChI=1S/C17H25N5O2/c1-5-18-17(19-12-16-20-14(3)24-21-16)22(4)10-11-23-15-9-7-6-8-13(15)2/h6-9H,5,10-12H2,1-4H3,(H,18,19). The Kier molecular flexibility index (Phi) is 6.60. The number of aromatic nitrogens is 2. The molecule has 1 aromatic carbocycles. The lowest BCUT2D eigenvalue weighted by Crippen LogP contribution is -2.40. The molecule has 0 atom stereocenters. The maximum absolute atomic E-state index is 5.84. The van der Waals surface area contributed by atoms with Crippen LogP contribution in [0.1, 0.15) is 24.2 Å². The number of hydrogen-bond acceptors (Lipinski definition) is 5. The molecule has 2 aromatic rings. The molecule has 1 aromatic heterocycles. The average Bonchev–Trinajstić information content (AvgIpc) is 2.98. The second-order valence-electron chi connectivity index (χ2n) is 5.44. The fourth-order valence-electron chi connectivity index (χ4n) is 2.14. The molecule has 2 rings (SSSR count). The highest BCUT2D eigenvalue weighted by Gasteiger charge is 2.08. The molecule has 0 saturated heterocycles. The van der Waals surface area contributed by atoms with E-state index in [4.69, 9.17) is 9.26 Å². The van der Waals surface area contributed by atoms with Gasteiger partial charge in [0.05, 0.1) is 6.54 Å². The molecule has 0 fully saturated rings. The second kappa shape index (κ2) is 8.90. The molecule has 0 radical (unpaired) electrons. The largest absolute Gasteiger partial charge is 0.491 e. The number of nitrogens with zero attached hydrogens (tertiary/aromatic N) is 4. The summed E-state index contributed by atoms with van der Waals surface area (Å²) in [5.41, 5.74) is 1.13. The average molecular weight is 331 g/mol. The number of para-hydroxylation sites is 1. The van der Waals surface area contributed by atoms with Gasteiger partial charge in [0.1, 0.15) is 18.9 Å². The Labute approximate surface area is 142 Å². The van der Waals surface area contributed by atoms with Crippen LogP contribution in [0, 0.1) is 13.8 Å². The van der Waals surface area contributed by atoms with Crippen molar-refractivity contribution in [2.45, 2.75) is 27.3 Å². The van der Waals surface area contributed by atoms with Crippen LogP contribution in [0.3, 0.4) is 0 Å². The first-order chi connectivity index (χ1) is 11.6. The van der Waals surface area contributed by atoms with E-state index in [0.29, 0.717) is 31.4 Å². The lowest BCUT2D eigenvalue weighted by atomic mass is 10.2. The molecule has 1 N–H and O–H groups in total. The summed E-state index contributed by atoms with van der Waals surface area (Å²) in [6, 6.07) is 8.00. The van der Waals surface area contributed by atoms with Crippen molar-refractivity contribution in [3.8, 4) is 5.75 Å². The molecular weight excluding hydrogens is 306 g/mol. The summed E-state index contributed by atoms with van der Waals surface area (Å²) < 4.78 is 10.8. The van der Waals surface area contributed by atoms with Crippen molar-refractivity contribution >= 4 is 5.96 Å². The highest BCUT2D eigenvalue weighted by Crippen LogP contribution is 2.15. The quantitative estimate of drug-likeness (QED) is 0.619. The number of hydrogen-bond donors (Lipinski definition) is 1. The highest BCUT2D eigenvalue weighted by atomic mass is 16.5. The minimum atomic E-state index is 0.378. The molecule has 7 nitrogen and oxygen atoms in total. The van der Waals surface area contributed by atoms with Crippen LogP contribution in [-0.2, 0) is 6.54 Å². The van der Waals surface area contributed by atoms with E-state index >= 15 is 0 Å². The summed E-state index contributed by atoms with van der Waals surface area (Å²) in [4.78, 5) is 10.7. The minimum absolute atomic E-state index is 0.378. The van der Waals surface area contributed by atoms with Crippen molar-refractivity contribution in [3.05, 3.63) is 41.5 Å². The smallest absolute Gasteiger partial charge is 0.223 e. The number of benzene rings is 1. The third kappa shape index (κ3) is 5.26. The Balaban J connectivity index is 1.88. The van der Waals surface area contributed by atoms with Gasteiger partial charge in [-0.15, -0.1) is 0 Å². The van der Waals surface area contributed by atoms with Gasteiger partial charge in [-0.1, -0.05) is 23.4 Å². The van der Waals surface area contributed by atoms with Gasteiger partial charge in [-0.3, -0.25) is 0 Å². The predicted molar refractivity (Wildman–Crippen MR) is 93.2 cm³/mol. The Hall–Kier alpha value is -2.57. The SMILES string of the molecule is CCNC(=NCc1noc(C)n1)N(C)CCOc1ccccc1C. The summed E-state index contributed by atoms with van der Waals surface area (Å²) in [5, 5.41) is 7.11. The monoisotopic (exact) mass is 331 g/mol. The van der Waals surface area contributed by atoms with Crippen LogP contribution < -0.4 is 10.1 Å². The molecule has 0 bridgehead atoms. The van der Waals surface area contributed by atoms with Crippen LogP contribution in [0.5, 0.6) is 5.75 Å². The van der Waals surface area contributed by atoms with Crippen molar-refractivity contribution < 1.29 is 9.26 Å². The van der Waals surface area contributed by atoms with Gasteiger partial charge in [-0.25, -0.2) is 4.99 Å². The van der Waals surface area contributed by atoms with Crippen LogP contribution in [0.4, 0.5) is 0 Å². The molecule has 24 heavy (non-hydrogen) atoms. The number of aryl methyl sites for hydroxylation is 2. The minimum Gasteiger partial charge on any atom is -0.491 e. The second-order valence-corrected chi connectivity index (χ2v) is 5.44. The van der Waals surface area contributed by atoms with Crippen molar-refractivity contribution in [1.82, 2.24) is 20.4 Å². The van der Waals surface area contributed by atoms with Crippen molar-refractivity contribution in [2.75, 3.05) is 26.7 Å². The van der Waals surface area contributed by atoms with Crippen LogP contribution in [-0.4, -0.2) is 47.7 Å². The van der Waals surface area contributed by atoms with Gasteiger partial charge in [0.2, 0.25) is 5.89 Å². The van der Waals surface area contributed by atoms with Gasteiger partial charge in [0.15, 0.2) is 11.8 Å². The van der Waals surface area contributed by atoms with Gasteiger partial charge in [0, 0.05) is 20.5 Å². The molecular formula is C17H25N5O2. The maximum atomic E-state index is 5.84. The van der Waals surface area contributed by atoms with E-state index < -0.39 is 0 Å². The highest BCUT2D eigenvalue weighted by molar-refractivity contribution is 5.79. The Morgan fingerprint density at radius 2 is 2.12 bits per heavy atom. The molecule has 1 heterocycles. The maximum Gasteiger partial charge on any atom is 0.223 e. The molecule has 7 heteroatoms. The van der Waals surface area contributed by atoms with E-state index in [1.807, 2.05) is 50.1 Å². The first kappa shape index (κ1) is 17.8. The van der Waals surface area contributed by atoms with Gasteiger partial charge < -0.3 is 19.5 Å². The zero-order valence-corrected chi connectivity index (χ0v) is 14.7. The van der Waals surface area contributed by atoms with Gasteiger partial charge >= 0.3 is 0 Å². The molecule has 0 aliphatic heterocycles. The first-order valence-corrected chi connectivity index (χ1v) is 8.07. The van der Waals surface area contributed by atoms with E-state index in [2.05, 4.69) is 20.4 Å². The lowest BCUT2D eigenvalue weighted by molar-refractivity contribution is 0.280. The number of aliphatic imine (C=N–C) groups is 1. The topological polar surface area (TPSA) is 75.8 Å². The van der Waals surface area contributed by atoms with Crippen LogP contribution in [0.2, 0.25) is 0 Å². The molecule has 0 unspecified atom stereocenters. The normalized spacial score (nSPS) is 11.4. The van der Waals surface area contributed by atoms with Crippen molar-refractivity contribution in [1.29, 1.82) is 0 Å². The lowest BCUT2D eigenvalue weighted by Gasteiger charge is -2.22. The van der Waals surface area contributed by atoms with Gasteiger partial charge in [0.25, 0.3) is 0 Å². The Morgan fingerprint density at radius 1 is 1.33 bits per heavy atom. The van der Waals surface area contributed by atoms with E-state index in [0.717, 1.165) is 23.8 Å². The van der Waals surface area contributed by atoms with Crippen LogP contribution >= 0.6 is 0 Å². The summed E-state index contributed by atoms with van der Waals surface area (Å²) in [6.07, 6.45) is 0. The first-order valence-electron chi connectivity index (χ1n) is 8.07. The molecule has 0 spiro atoms. The van der Waals surface area contributed by atoms with E-state index in [1.54, 1.807) is 6.92 Å². The summed E-state index contributed by atoms with van der Waals surface area (Å²) in [7, 11) is 1.98. The van der Waals surface area contributed by atoms with Crippen LogP contribution in [0.25, 0.3) is 0 Å². The number of likely N-dealkylation sites (N-methyl/N-ethyl adjacent to an activating group) is 1. The van der Waals surface area contributed by atoms with Gasteiger partial charge in [-0.05, 0) is 25.5 Å².